The largest absolute Gasteiger partial charge is 0.338 e. The molecular formula is C20H15ClN4O. The second-order valence-corrected chi connectivity index (χ2v) is 6.21. The van der Waals surface area contributed by atoms with E-state index in [1.54, 1.807) is 24.3 Å². The van der Waals surface area contributed by atoms with Crippen molar-refractivity contribution in [3.8, 4) is 11.4 Å². The maximum atomic E-state index is 12.2. The van der Waals surface area contributed by atoms with Crippen molar-refractivity contribution in [2.75, 3.05) is 10.6 Å². The molecule has 0 aliphatic carbocycles. The molecule has 0 unspecified atom stereocenters. The van der Waals surface area contributed by atoms with Crippen molar-refractivity contribution in [2.24, 2.45) is 0 Å². The number of para-hydroxylation sites is 2. The first-order valence-corrected chi connectivity index (χ1v) is 8.44. The van der Waals surface area contributed by atoms with Gasteiger partial charge in [0.1, 0.15) is 5.82 Å². The number of halogens is 1. The molecule has 2 amide bonds. The number of nitrogens with one attached hydrogen (secondary N) is 3. The van der Waals surface area contributed by atoms with E-state index in [2.05, 4.69) is 20.6 Å². The normalized spacial score (nSPS) is 10.7. The lowest BCUT2D eigenvalue weighted by molar-refractivity contribution is 0.262. The quantitative estimate of drug-likeness (QED) is 0.448. The smallest absolute Gasteiger partial charge is 0.323 e. The molecule has 128 valence electrons. The Morgan fingerprint density at radius 3 is 2.46 bits per heavy atom. The number of rotatable bonds is 3. The van der Waals surface area contributed by atoms with Gasteiger partial charge in [-0.15, -0.1) is 0 Å². The average molecular weight is 363 g/mol. The molecule has 5 nitrogen and oxygen atoms in total. The van der Waals surface area contributed by atoms with Gasteiger partial charge in [-0.25, -0.2) is 9.78 Å². The monoisotopic (exact) mass is 362 g/mol. The number of H-pyrrole nitrogens is 1. The van der Waals surface area contributed by atoms with Gasteiger partial charge in [-0.05, 0) is 48.5 Å². The molecule has 0 spiro atoms. The van der Waals surface area contributed by atoms with Crippen LogP contribution in [0.5, 0.6) is 0 Å². The number of hydrogen-bond donors (Lipinski definition) is 3. The third kappa shape index (κ3) is 3.53. The third-order valence-corrected chi connectivity index (χ3v) is 4.14. The van der Waals surface area contributed by atoms with Gasteiger partial charge < -0.3 is 15.6 Å². The number of carbonyl (C=O) groups excluding carboxylic acids is 1. The molecule has 26 heavy (non-hydrogen) atoms. The van der Waals surface area contributed by atoms with Gasteiger partial charge in [-0.3, -0.25) is 0 Å². The minimum Gasteiger partial charge on any atom is -0.338 e. The van der Waals surface area contributed by atoms with Gasteiger partial charge in [0.25, 0.3) is 0 Å². The van der Waals surface area contributed by atoms with E-state index in [9.17, 15) is 4.79 Å². The number of imidazole rings is 1. The molecule has 0 fully saturated rings. The van der Waals surface area contributed by atoms with Crippen LogP contribution < -0.4 is 10.6 Å². The number of fused-ring (bicyclic) bond motifs is 1. The highest BCUT2D eigenvalue weighted by Crippen LogP contribution is 2.23. The molecule has 4 rings (SSSR count). The summed E-state index contributed by atoms with van der Waals surface area (Å²) in [6, 6.07) is 22.0. The average Bonchev–Trinajstić information content (AvgIpc) is 3.08. The number of hydrogen-bond acceptors (Lipinski definition) is 2. The number of benzene rings is 3. The molecule has 3 N–H and O–H groups in total. The van der Waals surface area contributed by atoms with Gasteiger partial charge in [0.05, 0.1) is 11.0 Å². The summed E-state index contributed by atoms with van der Waals surface area (Å²) in [5.41, 5.74) is 4.11. The Morgan fingerprint density at radius 2 is 1.65 bits per heavy atom. The molecule has 1 aromatic heterocycles. The van der Waals surface area contributed by atoms with Crippen molar-refractivity contribution in [1.29, 1.82) is 0 Å². The van der Waals surface area contributed by atoms with Crippen LogP contribution in [0.4, 0.5) is 16.2 Å². The number of nitrogens with zero attached hydrogens (tertiary/aromatic N) is 1. The summed E-state index contributed by atoms with van der Waals surface area (Å²) in [6.07, 6.45) is 0. The Kier molecular flexibility index (Phi) is 4.29. The summed E-state index contributed by atoms with van der Waals surface area (Å²) >= 11 is 5.85. The highest BCUT2D eigenvalue weighted by atomic mass is 35.5. The molecule has 0 bridgehead atoms. The summed E-state index contributed by atoms with van der Waals surface area (Å²) in [5, 5.41) is 6.21. The number of carbonyl (C=O) groups is 1. The summed E-state index contributed by atoms with van der Waals surface area (Å²) in [7, 11) is 0. The lowest BCUT2D eigenvalue weighted by Crippen LogP contribution is -2.19. The number of aromatic amines is 1. The summed E-state index contributed by atoms with van der Waals surface area (Å²) in [4.78, 5) is 20.0. The van der Waals surface area contributed by atoms with E-state index in [-0.39, 0.29) is 6.03 Å². The fourth-order valence-electron chi connectivity index (χ4n) is 2.66. The molecule has 0 saturated carbocycles. The SMILES string of the molecule is O=C(Nc1ccc(Cl)cc1)Nc1cccc(-c2nc3ccccc3[nH]2)c1. The van der Waals surface area contributed by atoms with Gasteiger partial charge >= 0.3 is 6.03 Å². The van der Waals surface area contributed by atoms with Gasteiger partial charge in [-0.2, -0.15) is 0 Å². The highest BCUT2D eigenvalue weighted by Gasteiger charge is 2.07. The Morgan fingerprint density at radius 1 is 0.885 bits per heavy atom. The summed E-state index contributed by atoms with van der Waals surface area (Å²) in [5.74, 6) is 0.757. The first-order valence-electron chi connectivity index (χ1n) is 8.06. The van der Waals surface area contributed by atoms with Crippen LogP contribution in [0.25, 0.3) is 22.4 Å². The highest BCUT2D eigenvalue weighted by molar-refractivity contribution is 6.30. The molecule has 1 heterocycles. The van der Waals surface area contributed by atoms with Crippen LogP contribution in [0, 0.1) is 0 Å². The molecule has 0 aliphatic heterocycles. The number of anilines is 2. The Bertz CT molecular complexity index is 1040. The van der Waals surface area contributed by atoms with Gasteiger partial charge in [0, 0.05) is 22.0 Å². The van der Waals surface area contributed by atoms with Crippen LogP contribution in [0.1, 0.15) is 0 Å². The zero-order valence-corrected chi connectivity index (χ0v) is 14.4. The summed E-state index contributed by atoms with van der Waals surface area (Å²) in [6.45, 7) is 0. The zero-order chi connectivity index (χ0) is 17.9. The fourth-order valence-corrected chi connectivity index (χ4v) is 2.79. The first-order chi connectivity index (χ1) is 12.7. The third-order valence-electron chi connectivity index (χ3n) is 3.89. The van der Waals surface area contributed by atoms with Crippen molar-refractivity contribution in [3.63, 3.8) is 0 Å². The van der Waals surface area contributed by atoms with Crippen molar-refractivity contribution in [1.82, 2.24) is 9.97 Å². The Hall–Kier alpha value is -3.31. The van der Waals surface area contributed by atoms with E-state index in [0.717, 1.165) is 22.4 Å². The molecule has 0 radical (unpaired) electrons. The van der Waals surface area contributed by atoms with Gasteiger partial charge in [0.15, 0.2) is 0 Å². The standard InChI is InChI=1S/C20H15ClN4O/c21-14-8-10-15(11-9-14)22-20(26)23-16-5-3-4-13(12-16)19-24-17-6-1-2-7-18(17)25-19/h1-12H,(H,24,25)(H2,22,23,26). The van der Waals surface area contributed by atoms with E-state index >= 15 is 0 Å². The van der Waals surface area contributed by atoms with Crippen molar-refractivity contribution >= 4 is 40.0 Å². The molecule has 4 aromatic rings. The first kappa shape index (κ1) is 16.2. The van der Waals surface area contributed by atoms with Crippen molar-refractivity contribution < 1.29 is 4.79 Å². The zero-order valence-electron chi connectivity index (χ0n) is 13.7. The van der Waals surface area contributed by atoms with E-state index in [1.165, 1.54) is 0 Å². The molecule has 3 aromatic carbocycles. The second kappa shape index (κ2) is 6.90. The van der Waals surface area contributed by atoms with Crippen LogP contribution in [0.15, 0.2) is 72.8 Å². The van der Waals surface area contributed by atoms with Crippen LogP contribution >= 0.6 is 11.6 Å². The minimum atomic E-state index is -0.325. The predicted molar refractivity (Wildman–Crippen MR) is 106 cm³/mol. The van der Waals surface area contributed by atoms with E-state index < -0.39 is 0 Å². The number of amides is 2. The number of urea groups is 1. The number of aromatic nitrogens is 2. The van der Waals surface area contributed by atoms with E-state index in [0.29, 0.717) is 16.4 Å². The Balaban J connectivity index is 1.51. The van der Waals surface area contributed by atoms with Gasteiger partial charge in [0.2, 0.25) is 0 Å². The maximum absolute atomic E-state index is 12.2. The molecule has 6 heteroatoms. The molecule has 0 aliphatic rings. The lowest BCUT2D eigenvalue weighted by Gasteiger charge is -2.08. The summed E-state index contributed by atoms with van der Waals surface area (Å²) < 4.78 is 0. The van der Waals surface area contributed by atoms with Crippen LogP contribution in [-0.2, 0) is 0 Å². The van der Waals surface area contributed by atoms with E-state index in [4.69, 9.17) is 11.6 Å². The topological polar surface area (TPSA) is 69.8 Å². The second-order valence-electron chi connectivity index (χ2n) is 5.77. The van der Waals surface area contributed by atoms with Crippen LogP contribution in [0.2, 0.25) is 5.02 Å². The fraction of sp³-hybridized carbons (Fsp3) is 0. The van der Waals surface area contributed by atoms with Crippen molar-refractivity contribution in [3.05, 3.63) is 77.8 Å². The predicted octanol–water partition coefficient (Wildman–Crippen LogP) is 5.53. The molecular weight excluding hydrogens is 348 g/mol. The molecule has 0 saturated heterocycles. The van der Waals surface area contributed by atoms with Crippen LogP contribution in [0.3, 0.4) is 0 Å². The van der Waals surface area contributed by atoms with Crippen molar-refractivity contribution in [2.45, 2.75) is 0 Å². The van der Waals surface area contributed by atoms with E-state index in [1.807, 2.05) is 48.5 Å². The van der Waals surface area contributed by atoms with Crippen LogP contribution in [-0.4, -0.2) is 16.0 Å². The lowest BCUT2D eigenvalue weighted by atomic mass is 10.2. The Labute approximate surface area is 155 Å². The minimum absolute atomic E-state index is 0.325. The maximum Gasteiger partial charge on any atom is 0.323 e. The molecule has 0 atom stereocenters. The van der Waals surface area contributed by atoms with Gasteiger partial charge in [-0.1, -0.05) is 35.9 Å².